The molecule has 2 aromatic rings. The van der Waals surface area contributed by atoms with Gasteiger partial charge >= 0.3 is 6.09 Å². The summed E-state index contributed by atoms with van der Waals surface area (Å²) in [5.41, 5.74) is 2.03. The molecule has 0 unspecified atom stereocenters. The summed E-state index contributed by atoms with van der Waals surface area (Å²) in [6, 6.07) is 13.9. The maximum absolute atomic E-state index is 12.2. The largest absolute Gasteiger partial charge is 0.493 e. The van der Waals surface area contributed by atoms with Crippen LogP contribution in [0, 0.1) is 0 Å². The number of nitrogens with zero attached hydrogens (tertiary/aromatic N) is 2. The lowest BCUT2D eigenvalue weighted by molar-refractivity contribution is 0.0139. The number of carbonyl (C=O) groups is 1. The molecular formula is C24H30Cl2N2O3. The van der Waals surface area contributed by atoms with Crippen molar-refractivity contribution >= 4 is 29.3 Å². The molecule has 1 aliphatic heterocycles. The van der Waals surface area contributed by atoms with E-state index < -0.39 is 5.60 Å². The second-order valence-electron chi connectivity index (χ2n) is 8.73. The molecule has 3 rings (SSSR count). The number of carbonyl (C=O) groups excluding carboxylic acids is 1. The average molecular weight is 465 g/mol. The highest BCUT2D eigenvalue weighted by molar-refractivity contribution is 6.42. The zero-order valence-electron chi connectivity index (χ0n) is 18.4. The molecule has 7 heteroatoms. The van der Waals surface area contributed by atoms with Gasteiger partial charge < -0.3 is 14.4 Å². The standard InChI is InChI=1S/C24H30Cl2N2O3/c1-24(2,3)31-23(29)28-13-11-27(12-14-28)17-19-6-4-18(5-7-19)10-15-30-20-8-9-21(25)22(26)16-20/h4-9,16H,10-15,17H2,1-3H3. The number of benzene rings is 2. The van der Waals surface area contributed by atoms with Crippen molar-refractivity contribution in [3.63, 3.8) is 0 Å². The molecule has 1 fully saturated rings. The van der Waals surface area contributed by atoms with E-state index in [0.717, 1.165) is 31.8 Å². The number of rotatable bonds is 6. The molecular weight excluding hydrogens is 435 g/mol. The van der Waals surface area contributed by atoms with E-state index in [4.69, 9.17) is 32.7 Å². The molecule has 0 bridgehead atoms. The van der Waals surface area contributed by atoms with Crippen LogP contribution in [0.25, 0.3) is 0 Å². The lowest BCUT2D eigenvalue weighted by atomic mass is 10.1. The van der Waals surface area contributed by atoms with Crippen LogP contribution in [0.5, 0.6) is 5.75 Å². The van der Waals surface area contributed by atoms with E-state index in [0.29, 0.717) is 29.7 Å². The van der Waals surface area contributed by atoms with Gasteiger partial charge in [0.1, 0.15) is 11.4 Å². The minimum absolute atomic E-state index is 0.223. The first-order valence-corrected chi connectivity index (χ1v) is 11.3. The zero-order chi connectivity index (χ0) is 22.4. The Kier molecular flexibility index (Phi) is 8.09. The summed E-state index contributed by atoms with van der Waals surface area (Å²) in [6.07, 6.45) is 0.592. The highest BCUT2D eigenvalue weighted by Crippen LogP contribution is 2.26. The third-order valence-corrected chi connectivity index (χ3v) is 5.74. The Hall–Kier alpha value is -1.95. The van der Waals surface area contributed by atoms with Gasteiger partial charge in [0.15, 0.2) is 0 Å². The van der Waals surface area contributed by atoms with Crippen molar-refractivity contribution in [3.8, 4) is 5.75 Å². The first kappa shape index (κ1) is 23.7. The third-order valence-electron chi connectivity index (χ3n) is 5.00. The van der Waals surface area contributed by atoms with Crippen molar-refractivity contribution in [2.24, 2.45) is 0 Å². The minimum Gasteiger partial charge on any atom is -0.493 e. The first-order chi connectivity index (χ1) is 14.7. The van der Waals surface area contributed by atoms with E-state index in [9.17, 15) is 4.79 Å². The average Bonchev–Trinajstić information content (AvgIpc) is 2.71. The molecule has 0 atom stereocenters. The molecule has 1 saturated heterocycles. The Morgan fingerprint density at radius 2 is 1.58 bits per heavy atom. The number of halogens is 2. The van der Waals surface area contributed by atoms with Crippen LogP contribution in [0.3, 0.4) is 0 Å². The summed E-state index contributed by atoms with van der Waals surface area (Å²) in [5, 5.41) is 1.02. The summed E-state index contributed by atoms with van der Waals surface area (Å²) in [5.74, 6) is 0.719. The monoisotopic (exact) mass is 464 g/mol. The Bertz CT molecular complexity index is 873. The van der Waals surface area contributed by atoms with Gasteiger partial charge in [-0.15, -0.1) is 0 Å². The quantitative estimate of drug-likeness (QED) is 0.552. The summed E-state index contributed by atoms with van der Waals surface area (Å²) in [7, 11) is 0. The zero-order valence-corrected chi connectivity index (χ0v) is 19.9. The van der Waals surface area contributed by atoms with E-state index in [2.05, 4.69) is 29.2 Å². The van der Waals surface area contributed by atoms with Gasteiger partial charge in [0.05, 0.1) is 16.7 Å². The fraction of sp³-hybridized carbons (Fsp3) is 0.458. The molecule has 0 aliphatic carbocycles. The molecule has 31 heavy (non-hydrogen) atoms. The van der Waals surface area contributed by atoms with Crippen LogP contribution in [0.15, 0.2) is 42.5 Å². The first-order valence-electron chi connectivity index (χ1n) is 10.6. The van der Waals surface area contributed by atoms with Gasteiger partial charge in [-0.1, -0.05) is 47.5 Å². The van der Waals surface area contributed by atoms with Gasteiger partial charge in [0.2, 0.25) is 0 Å². The lowest BCUT2D eigenvalue weighted by Gasteiger charge is -2.35. The SMILES string of the molecule is CC(C)(C)OC(=O)N1CCN(Cc2ccc(CCOc3ccc(Cl)c(Cl)c3)cc2)CC1. The van der Waals surface area contributed by atoms with Crippen molar-refractivity contribution < 1.29 is 14.3 Å². The van der Waals surface area contributed by atoms with E-state index in [1.165, 1.54) is 11.1 Å². The summed E-state index contributed by atoms with van der Waals surface area (Å²) >= 11 is 11.9. The lowest BCUT2D eigenvalue weighted by Crippen LogP contribution is -2.49. The number of hydrogen-bond acceptors (Lipinski definition) is 4. The smallest absolute Gasteiger partial charge is 0.410 e. The number of hydrogen-bond donors (Lipinski definition) is 0. The third kappa shape index (κ3) is 7.60. The van der Waals surface area contributed by atoms with Gasteiger partial charge in [0.25, 0.3) is 0 Å². The van der Waals surface area contributed by atoms with Gasteiger partial charge in [-0.05, 0) is 44.0 Å². The minimum atomic E-state index is -0.455. The topological polar surface area (TPSA) is 42.0 Å². The highest BCUT2D eigenvalue weighted by atomic mass is 35.5. The van der Waals surface area contributed by atoms with Crippen molar-refractivity contribution in [2.45, 2.75) is 39.3 Å². The van der Waals surface area contributed by atoms with E-state index >= 15 is 0 Å². The van der Waals surface area contributed by atoms with Crippen LogP contribution in [0.2, 0.25) is 10.0 Å². The summed E-state index contributed by atoms with van der Waals surface area (Å²) in [6.45, 7) is 10.2. The van der Waals surface area contributed by atoms with Crippen LogP contribution in [-0.4, -0.2) is 54.3 Å². The van der Waals surface area contributed by atoms with Crippen molar-refractivity contribution in [3.05, 3.63) is 63.6 Å². The van der Waals surface area contributed by atoms with Gasteiger partial charge in [-0.25, -0.2) is 4.79 Å². The fourth-order valence-electron chi connectivity index (χ4n) is 3.34. The molecule has 5 nitrogen and oxygen atoms in total. The number of piperazine rings is 1. The van der Waals surface area contributed by atoms with Crippen LogP contribution in [0.4, 0.5) is 4.79 Å². The molecule has 1 amide bonds. The van der Waals surface area contributed by atoms with E-state index in [1.807, 2.05) is 26.8 Å². The Labute approximate surface area is 194 Å². The fourth-order valence-corrected chi connectivity index (χ4v) is 3.63. The van der Waals surface area contributed by atoms with E-state index in [-0.39, 0.29) is 6.09 Å². The second-order valence-corrected chi connectivity index (χ2v) is 9.55. The maximum atomic E-state index is 12.2. The molecule has 2 aromatic carbocycles. The molecule has 168 valence electrons. The molecule has 0 radical (unpaired) electrons. The van der Waals surface area contributed by atoms with Crippen molar-refractivity contribution in [1.29, 1.82) is 0 Å². The highest BCUT2D eigenvalue weighted by Gasteiger charge is 2.25. The molecule has 1 aliphatic rings. The predicted molar refractivity (Wildman–Crippen MR) is 125 cm³/mol. The van der Waals surface area contributed by atoms with E-state index in [1.54, 1.807) is 17.0 Å². The van der Waals surface area contributed by atoms with Gasteiger partial charge in [0, 0.05) is 45.2 Å². The predicted octanol–water partition coefficient (Wildman–Crippen LogP) is 5.67. The number of amides is 1. The normalized spacial score (nSPS) is 15.1. The van der Waals surface area contributed by atoms with Crippen molar-refractivity contribution in [1.82, 2.24) is 9.80 Å². The molecule has 0 aromatic heterocycles. The van der Waals surface area contributed by atoms with Crippen LogP contribution >= 0.6 is 23.2 Å². The Morgan fingerprint density at radius 1 is 0.935 bits per heavy atom. The van der Waals surface area contributed by atoms with Crippen LogP contribution in [-0.2, 0) is 17.7 Å². The Balaban J connectivity index is 1.40. The molecule has 0 saturated carbocycles. The van der Waals surface area contributed by atoms with Gasteiger partial charge in [-0.3, -0.25) is 4.90 Å². The van der Waals surface area contributed by atoms with Crippen molar-refractivity contribution in [2.75, 3.05) is 32.8 Å². The van der Waals surface area contributed by atoms with Crippen LogP contribution in [0.1, 0.15) is 31.9 Å². The molecule has 0 N–H and O–H groups in total. The van der Waals surface area contributed by atoms with Gasteiger partial charge in [-0.2, -0.15) is 0 Å². The second kappa shape index (κ2) is 10.6. The summed E-state index contributed by atoms with van der Waals surface area (Å²) in [4.78, 5) is 16.3. The number of ether oxygens (including phenoxy) is 2. The molecule has 1 heterocycles. The summed E-state index contributed by atoms with van der Waals surface area (Å²) < 4.78 is 11.2. The van der Waals surface area contributed by atoms with Crippen LogP contribution < -0.4 is 4.74 Å². The Morgan fingerprint density at radius 3 is 2.19 bits per heavy atom. The molecule has 0 spiro atoms. The maximum Gasteiger partial charge on any atom is 0.410 e.